The summed E-state index contributed by atoms with van der Waals surface area (Å²) in [6, 6.07) is 13.6. The Bertz CT molecular complexity index is 1200. The van der Waals surface area contributed by atoms with Crippen LogP contribution >= 0.6 is 11.6 Å². The number of nitrogens with zero attached hydrogens (tertiary/aromatic N) is 7. The van der Waals surface area contributed by atoms with Crippen LogP contribution in [0.5, 0.6) is 0 Å². The van der Waals surface area contributed by atoms with Crippen LogP contribution in [0.4, 0.5) is 11.5 Å². The number of benzene rings is 1. The van der Waals surface area contributed by atoms with E-state index in [4.69, 9.17) is 16.9 Å². The molecule has 0 spiro atoms. The van der Waals surface area contributed by atoms with E-state index in [2.05, 4.69) is 30.2 Å². The summed E-state index contributed by atoms with van der Waals surface area (Å²) in [5.41, 5.74) is 5.77. The molecule has 1 aromatic carbocycles. The molecule has 0 radical (unpaired) electrons. The van der Waals surface area contributed by atoms with Gasteiger partial charge in [-0.2, -0.15) is 10.2 Å². The lowest BCUT2D eigenvalue weighted by atomic mass is 10.1. The summed E-state index contributed by atoms with van der Waals surface area (Å²) in [5, 5.41) is 11.0. The van der Waals surface area contributed by atoms with Crippen molar-refractivity contribution >= 4 is 29.0 Å². The van der Waals surface area contributed by atoms with E-state index in [0.29, 0.717) is 17.9 Å². The minimum Gasteiger partial charge on any atom is -0.369 e. The first-order chi connectivity index (χ1) is 17.4. The lowest BCUT2D eigenvalue weighted by molar-refractivity contribution is 0.0947. The first-order valence-electron chi connectivity index (χ1n) is 11.9. The summed E-state index contributed by atoms with van der Waals surface area (Å²) < 4.78 is 0. The van der Waals surface area contributed by atoms with Crippen LogP contribution in [0.1, 0.15) is 35.6 Å². The van der Waals surface area contributed by atoms with E-state index in [1.54, 1.807) is 5.01 Å². The van der Waals surface area contributed by atoms with Crippen LogP contribution in [0.3, 0.4) is 0 Å². The molecule has 10 heteroatoms. The van der Waals surface area contributed by atoms with E-state index in [0.717, 1.165) is 38.3 Å². The zero-order chi connectivity index (χ0) is 25.5. The highest BCUT2D eigenvalue weighted by Gasteiger charge is 2.20. The molecule has 1 N–H and O–H groups in total. The van der Waals surface area contributed by atoms with Gasteiger partial charge in [0.05, 0.1) is 6.20 Å². The summed E-state index contributed by atoms with van der Waals surface area (Å²) in [7, 11) is 0. The number of hydrogen-bond acceptors (Lipinski definition) is 8. The molecule has 36 heavy (non-hydrogen) atoms. The number of amides is 1. The van der Waals surface area contributed by atoms with Crippen LogP contribution in [0.2, 0.25) is 5.02 Å². The van der Waals surface area contributed by atoms with Crippen molar-refractivity contribution in [3.63, 3.8) is 0 Å². The van der Waals surface area contributed by atoms with Gasteiger partial charge in [-0.1, -0.05) is 37.6 Å². The average Bonchev–Trinajstić information content (AvgIpc) is 2.90. The Balaban J connectivity index is 1.37. The van der Waals surface area contributed by atoms with Gasteiger partial charge < -0.3 is 4.90 Å². The number of aromatic nitrogens is 3. The number of nitriles is 1. The quantitative estimate of drug-likeness (QED) is 0.465. The maximum absolute atomic E-state index is 13.0. The highest BCUT2D eigenvalue weighted by atomic mass is 35.5. The minimum absolute atomic E-state index is 0.0108. The van der Waals surface area contributed by atoms with Gasteiger partial charge in [0.25, 0.3) is 5.91 Å². The summed E-state index contributed by atoms with van der Waals surface area (Å²) in [5.74, 6) is 0.223. The standard InChI is InChI=1S/C26H29ClN8O/c1-19(2)17-35(25-23(27)16-30-24(15-28)31-25)32-26(36)21-5-3-20(4-6-21)18-33-11-13-34(14-12-33)22-7-9-29-10-8-22/h3-10,16,19H,11-14,17-18H2,1-2H3,(H,32,36). The van der Waals surface area contributed by atoms with Gasteiger partial charge in [0.15, 0.2) is 5.82 Å². The van der Waals surface area contributed by atoms with Crippen molar-refractivity contribution in [1.29, 1.82) is 5.26 Å². The van der Waals surface area contributed by atoms with E-state index >= 15 is 0 Å². The van der Waals surface area contributed by atoms with E-state index in [9.17, 15) is 4.79 Å². The van der Waals surface area contributed by atoms with Gasteiger partial charge >= 0.3 is 0 Å². The second kappa shape index (κ2) is 11.8. The molecule has 1 saturated heterocycles. The third kappa shape index (κ3) is 6.47. The van der Waals surface area contributed by atoms with Crippen molar-refractivity contribution in [2.45, 2.75) is 20.4 Å². The van der Waals surface area contributed by atoms with E-state index in [-0.39, 0.29) is 22.7 Å². The number of anilines is 2. The second-order valence-corrected chi connectivity index (χ2v) is 9.50. The van der Waals surface area contributed by atoms with Crippen molar-refractivity contribution in [3.05, 3.63) is 77.0 Å². The molecule has 0 bridgehead atoms. The largest absolute Gasteiger partial charge is 0.369 e. The van der Waals surface area contributed by atoms with E-state index < -0.39 is 0 Å². The van der Waals surface area contributed by atoms with Crippen molar-refractivity contribution in [2.24, 2.45) is 5.92 Å². The number of piperazine rings is 1. The fourth-order valence-corrected chi connectivity index (χ4v) is 4.27. The molecule has 4 rings (SSSR count). The topological polar surface area (TPSA) is 101 Å². The third-order valence-electron chi connectivity index (χ3n) is 5.89. The molecule has 9 nitrogen and oxygen atoms in total. The van der Waals surface area contributed by atoms with Gasteiger partial charge in [-0.25, -0.2) is 4.98 Å². The average molecular weight is 505 g/mol. The predicted octanol–water partition coefficient (Wildman–Crippen LogP) is 3.53. The molecule has 1 amide bonds. The van der Waals surface area contributed by atoms with Crippen molar-refractivity contribution in [2.75, 3.05) is 42.6 Å². The fourth-order valence-electron chi connectivity index (χ4n) is 4.08. The predicted molar refractivity (Wildman–Crippen MR) is 140 cm³/mol. The molecular formula is C26H29ClN8O. The number of carbonyl (C=O) groups excluding carboxylic acids is 1. The Morgan fingerprint density at radius 1 is 1.14 bits per heavy atom. The summed E-state index contributed by atoms with van der Waals surface area (Å²) in [6.07, 6.45) is 5.02. The van der Waals surface area contributed by atoms with Gasteiger partial charge in [0.1, 0.15) is 11.1 Å². The lowest BCUT2D eigenvalue weighted by Gasteiger charge is -2.36. The van der Waals surface area contributed by atoms with E-state index in [1.807, 2.05) is 68.7 Å². The molecule has 3 heterocycles. The van der Waals surface area contributed by atoms with Gasteiger partial charge in [0.2, 0.25) is 5.82 Å². The zero-order valence-electron chi connectivity index (χ0n) is 20.4. The molecule has 0 aliphatic carbocycles. The van der Waals surface area contributed by atoms with Crippen molar-refractivity contribution in [3.8, 4) is 6.07 Å². The number of nitrogens with one attached hydrogen (secondary N) is 1. The van der Waals surface area contributed by atoms with Gasteiger partial charge in [-0.15, -0.1) is 0 Å². The van der Waals surface area contributed by atoms with Crippen LogP contribution in [-0.4, -0.2) is 58.5 Å². The molecule has 0 atom stereocenters. The SMILES string of the molecule is CC(C)CN(NC(=O)c1ccc(CN2CCN(c3ccncc3)CC2)cc1)c1nc(C#N)ncc1Cl. The number of halogens is 1. The molecule has 0 unspecified atom stereocenters. The van der Waals surface area contributed by atoms with Crippen LogP contribution in [-0.2, 0) is 6.54 Å². The third-order valence-corrected chi connectivity index (χ3v) is 6.15. The monoisotopic (exact) mass is 504 g/mol. The van der Waals surface area contributed by atoms with Crippen LogP contribution < -0.4 is 15.3 Å². The molecule has 3 aromatic rings. The molecule has 0 saturated carbocycles. The summed E-state index contributed by atoms with van der Waals surface area (Å²) in [4.78, 5) is 30.0. The first-order valence-corrected chi connectivity index (χ1v) is 12.3. The first kappa shape index (κ1) is 25.4. The number of pyridine rings is 1. The van der Waals surface area contributed by atoms with Crippen molar-refractivity contribution in [1.82, 2.24) is 25.3 Å². The Hall–Kier alpha value is -3.74. The maximum Gasteiger partial charge on any atom is 0.269 e. The van der Waals surface area contributed by atoms with Gasteiger partial charge in [-0.05, 0) is 35.7 Å². The molecule has 2 aromatic heterocycles. The maximum atomic E-state index is 13.0. The number of rotatable bonds is 8. The Morgan fingerprint density at radius 2 is 1.83 bits per heavy atom. The Kier molecular flexibility index (Phi) is 8.31. The molecule has 1 aliphatic heterocycles. The van der Waals surface area contributed by atoms with Crippen molar-refractivity contribution < 1.29 is 4.79 Å². The smallest absolute Gasteiger partial charge is 0.269 e. The Labute approximate surface area is 216 Å². The number of hydrogen-bond donors (Lipinski definition) is 1. The van der Waals surface area contributed by atoms with Gasteiger partial charge in [-0.3, -0.25) is 25.1 Å². The lowest BCUT2D eigenvalue weighted by Crippen LogP contribution is -2.46. The number of carbonyl (C=O) groups is 1. The van der Waals surface area contributed by atoms with E-state index in [1.165, 1.54) is 11.9 Å². The highest BCUT2D eigenvalue weighted by molar-refractivity contribution is 6.32. The number of hydrazine groups is 1. The summed E-state index contributed by atoms with van der Waals surface area (Å²) >= 11 is 6.28. The molecule has 186 valence electrons. The minimum atomic E-state index is -0.277. The normalized spacial score (nSPS) is 13.9. The second-order valence-electron chi connectivity index (χ2n) is 9.09. The van der Waals surface area contributed by atoms with Crippen LogP contribution in [0.15, 0.2) is 55.0 Å². The highest BCUT2D eigenvalue weighted by Crippen LogP contribution is 2.22. The van der Waals surface area contributed by atoms with Crippen LogP contribution in [0, 0.1) is 17.2 Å². The zero-order valence-corrected chi connectivity index (χ0v) is 21.2. The van der Waals surface area contributed by atoms with Gasteiger partial charge in [0, 0.05) is 62.9 Å². The molecular weight excluding hydrogens is 476 g/mol. The molecule has 1 aliphatic rings. The van der Waals surface area contributed by atoms with Crippen LogP contribution in [0.25, 0.3) is 0 Å². The summed E-state index contributed by atoms with van der Waals surface area (Å²) in [6.45, 7) is 9.22. The molecule has 1 fully saturated rings. The fraction of sp³-hybridized carbons (Fsp3) is 0.346. The Morgan fingerprint density at radius 3 is 2.47 bits per heavy atom.